The monoisotopic (exact) mass is 286 g/mol. The van der Waals surface area contributed by atoms with Crippen molar-refractivity contribution in [3.05, 3.63) is 35.4 Å². The molecule has 0 saturated heterocycles. The molecule has 0 aliphatic carbocycles. The number of hydrogen-bond acceptors (Lipinski definition) is 3. The van der Waals surface area contributed by atoms with Crippen LogP contribution < -0.4 is 5.32 Å². The van der Waals surface area contributed by atoms with Crippen molar-refractivity contribution in [2.45, 2.75) is 13.0 Å². The average molecular weight is 286 g/mol. The summed E-state index contributed by atoms with van der Waals surface area (Å²) in [5.41, 5.74) is 0.401. The van der Waals surface area contributed by atoms with Crippen LogP contribution in [-0.4, -0.2) is 44.7 Å². The van der Waals surface area contributed by atoms with E-state index in [2.05, 4.69) is 5.32 Å². The van der Waals surface area contributed by atoms with E-state index < -0.39 is 11.6 Å². The highest BCUT2D eigenvalue weighted by Crippen LogP contribution is 2.07. The van der Waals surface area contributed by atoms with E-state index in [9.17, 15) is 13.6 Å². The van der Waals surface area contributed by atoms with Gasteiger partial charge in [-0.2, -0.15) is 0 Å². The molecule has 6 heteroatoms. The number of carbonyl (C=O) groups excluding carboxylic acids is 1. The lowest BCUT2D eigenvalue weighted by molar-refractivity contribution is -0.122. The second kappa shape index (κ2) is 8.60. The van der Waals surface area contributed by atoms with Crippen molar-refractivity contribution in [3.63, 3.8) is 0 Å². The summed E-state index contributed by atoms with van der Waals surface area (Å²) in [6.45, 7) is 1.74. The fourth-order valence-electron chi connectivity index (χ4n) is 1.77. The lowest BCUT2D eigenvalue weighted by atomic mass is 10.2. The molecule has 0 aliphatic rings. The van der Waals surface area contributed by atoms with Crippen LogP contribution in [-0.2, 0) is 16.1 Å². The van der Waals surface area contributed by atoms with E-state index >= 15 is 0 Å². The third-order valence-electron chi connectivity index (χ3n) is 2.71. The van der Waals surface area contributed by atoms with Gasteiger partial charge in [-0.05, 0) is 31.2 Å². The Hall–Kier alpha value is -1.53. The van der Waals surface area contributed by atoms with Crippen LogP contribution in [0.2, 0.25) is 0 Å². The normalized spacial score (nSPS) is 10.8. The molecule has 1 N–H and O–H groups in total. The molecule has 20 heavy (non-hydrogen) atoms. The van der Waals surface area contributed by atoms with E-state index in [1.165, 1.54) is 12.1 Å². The molecule has 0 heterocycles. The Morgan fingerprint density at radius 3 is 2.55 bits per heavy atom. The Labute approximate surface area is 117 Å². The molecule has 1 amide bonds. The minimum atomic E-state index is -0.647. The van der Waals surface area contributed by atoms with Crippen LogP contribution in [0.25, 0.3) is 0 Å². The summed E-state index contributed by atoms with van der Waals surface area (Å²) in [6, 6.07) is 3.20. The summed E-state index contributed by atoms with van der Waals surface area (Å²) in [6.07, 6.45) is 0.843. The first kappa shape index (κ1) is 16.5. The molecule has 4 nitrogen and oxygen atoms in total. The summed E-state index contributed by atoms with van der Waals surface area (Å²) >= 11 is 0. The SMILES string of the molecule is COCCCN(C)CC(=O)NCc1cc(F)cc(F)c1. The molecule has 0 saturated carbocycles. The van der Waals surface area contributed by atoms with Crippen molar-refractivity contribution in [3.8, 4) is 0 Å². The molecular formula is C14H20F2N2O2. The molecule has 1 rings (SSSR count). The molecule has 0 radical (unpaired) electrons. The van der Waals surface area contributed by atoms with Crippen molar-refractivity contribution in [2.24, 2.45) is 0 Å². The van der Waals surface area contributed by atoms with Gasteiger partial charge in [0.05, 0.1) is 6.54 Å². The van der Waals surface area contributed by atoms with E-state index in [-0.39, 0.29) is 19.0 Å². The maximum atomic E-state index is 13.0. The largest absolute Gasteiger partial charge is 0.385 e. The number of methoxy groups -OCH3 is 1. The van der Waals surface area contributed by atoms with Crippen molar-refractivity contribution in [1.29, 1.82) is 0 Å². The summed E-state index contributed by atoms with van der Waals surface area (Å²) in [4.78, 5) is 13.5. The number of ether oxygens (including phenoxy) is 1. The molecule has 0 fully saturated rings. The van der Waals surface area contributed by atoms with Crippen LogP contribution in [0, 0.1) is 11.6 Å². The molecule has 0 atom stereocenters. The van der Waals surface area contributed by atoms with E-state index in [0.717, 1.165) is 19.0 Å². The molecule has 0 spiro atoms. The third-order valence-corrected chi connectivity index (χ3v) is 2.71. The maximum absolute atomic E-state index is 13.0. The minimum absolute atomic E-state index is 0.111. The summed E-state index contributed by atoms with van der Waals surface area (Å²) in [5, 5.41) is 2.63. The number of hydrogen-bond donors (Lipinski definition) is 1. The number of amides is 1. The van der Waals surface area contributed by atoms with Crippen LogP contribution in [0.4, 0.5) is 8.78 Å². The van der Waals surface area contributed by atoms with E-state index in [1.807, 2.05) is 11.9 Å². The number of carbonyl (C=O) groups is 1. The highest BCUT2D eigenvalue weighted by atomic mass is 19.1. The van der Waals surface area contributed by atoms with E-state index in [0.29, 0.717) is 12.2 Å². The van der Waals surface area contributed by atoms with Crippen LogP contribution in [0.5, 0.6) is 0 Å². The first-order chi connectivity index (χ1) is 9.51. The van der Waals surface area contributed by atoms with Gasteiger partial charge in [0.1, 0.15) is 11.6 Å². The zero-order valence-corrected chi connectivity index (χ0v) is 11.8. The number of benzene rings is 1. The van der Waals surface area contributed by atoms with Gasteiger partial charge in [-0.3, -0.25) is 9.69 Å². The van der Waals surface area contributed by atoms with Crippen LogP contribution >= 0.6 is 0 Å². The zero-order chi connectivity index (χ0) is 15.0. The van der Waals surface area contributed by atoms with Crippen molar-refractivity contribution < 1.29 is 18.3 Å². The van der Waals surface area contributed by atoms with Crippen LogP contribution in [0.3, 0.4) is 0 Å². The smallest absolute Gasteiger partial charge is 0.234 e. The second-order valence-electron chi connectivity index (χ2n) is 4.64. The minimum Gasteiger partial charge on any atom is -0.385 e. The Morgan fingerprint density at radius 2 is 1.95 bits per heavy atom. The lowest BCUT2D eigenvalue weighted by Gasteiger charge is -2.15. The number of halogens is 2. The van der Waals surface area contributed by atoms with Gasteiger partial charge in [0.15, 0.2) is 0 Å². The highest BCUT2D eigenvalue weighted by Gasteiger charge is 2.07. The standard InChI is InChI=1S/C14H20F2N2O2/c1-18(4-3-5-20-2)10-14(19)17-9-11-6-12(15)8-13(16)7-11/h6-8H,3-5,9-10H2,1-2H3,(H,17,19). The van der Waals surface area contributed by atoms with Crippen molar-refractivity contribution >= 4 is 5.91 Å². The molecule has 0 bridgehead atoms. The molecular weight excluding hydrogens is 266 g/mol. The van der Waals surface area contributed by atoms with Gasteiger partial charge >= 0.3 is 0 Å². The second-order valence-corrected chi connectivity index (χ2v) is 4.64. The predicted molar refractivity (Wildman–Crippen MR) is 72.2 cm³/mol. The highest BCUT2D eigenvalue weighted by molar-refractivity contribution is 5.77. The molecule has 1 aromatic carbocycles. The zero-order valence-electron chi connectivity index (χ0n) is 11.8. The summed E-state index contributed by atoms with van der Waals surface area (Å²) in [7, 11) is 3.46. The Kier molecular flexibility index (Phi) is 7.11. The fourth-order valence-corrected chi connectivity index (χ4v) is 1.77. The summed E-state index contributed by atoms with van der Waals surface area (Å²) in [5.74, 6) is -1.48. The molecule has 0 aliphatic heterocycles. The van der Waals surface area contributed by atoms with Crippen LogP contribution in [0.1, 0.15) is 12.0 Å². The quantitative estimate of drug-likeness (QED) is 0.737. The number of nitrogens with one attached hydrogen (secondary N) is 1. The predicted octanol–water partition coefficient (Wildman–Crippen LogP) is 1.55. The first-order valence-corrected chi connectivity index (χ1v) is 6.40. The van der Waals surface area contributed by atoms with E-state index in [4.69, 9.17) is 4.74 Å². The van der Waals surface area contributed by atoms with Gasteiger partial charge in [0.2, 0.25) is 5.91 Å². The number of rotatable bonds is 8. The Morgan fingerprint density at radius 1 is 1.30 bits per heavy atom. The third kappa shape index (κ3) is 6.58. The van der Waals surface area contributed by atoms with Gasteiger partial charge in [-0.25, -0.2) is 8.78 Å². The van der Waals surface area contributed by atoms with Crippen molar-refractivity contribution in [1.82, 2.24) is 10.2 Å². The topological polar surface area (TPSA) is 41.6 Å². The van der Waals surface area contributed by atoms with Crippen molar-refractivity contribution in [2.75, 3.05) is 33.9 Å². The molecule has 112 valence electrons. The van der Waals surface area contributed by atoms with Gasteiger partial charge in [-0.1, -0.05) is 0 Å². The Balaban J connectivity index is 2.32. The fraction of sp³-hybridized carbons (Fsp3) is 0.500. The van der Waals surface area contributed by atoms with Gasteiger partial charge in [-0.15, -0.1) is 0 Å². The molecule has 0 aromatic heterocycles. The molecule has 0 unspecified atom stereocenters. The number of nitrogens with zero attached hydrogens (tertiary/aromatic N) is 1. The first-order valence-electron chi connectivity index (χ1n) is 6.40. The maximum Gasteiger partial charge on any atom is 0.234 e. The lowest BCUT2D eigenvalue weighted by Crippen LogP contribution is -2.35. The van der Waals surface area contributed by atoms with Crippen LogP contribution in [0.15, 0.2) is 18.2 Å². The number of likely N-dealkylation sites (N-methyl/N-ethyl adjacent to an activating group) is 1. The van der Waals surface area contributed by atoms with Gasteiger partial charge < -0.3 is 10.1 Å². The summed E-state index contributed by atoms with van der Waals surface area (Å²) < 4.78 is 30.9. The Bertz CT molecular complexity index is 421. The molecule has 1 aromatic rings. The van der Waals surface area contributed by atoms with E-state index in [1.54, 1.807) is 7.11 Å². The van der Waals surface area contributed by atoms with Gasteiger partial charge in [0, 0.05) is 32.9 Å². The van der Waals surface area contributed by atoms with Gasteiger partial charge in [0.25, 0.3) is 0 Å². The average Bonchev–Trinajstić information content (AvgIpc) is 2.35.